The summed E-state index contributed by atoms with van der Waals surface area (Å²) >= 11 is 6.07. The van der Waals surface area contributed by atoms with Gasteiger partial charge in [0.1, 0.15) is 6.10 Å². The zero-order valence-electron chi connectivity index (χ0n) is 17.4. The molecule has 1 N–H and O–H groups in total. The lowest BCUT2D eigenvalue weighted by atomic mass is 9.93. The number of nitrogens with zero attached hydrogens (tertiary/aromatic N) is 1. The van der Waals surface area contributed by atoms with Crippen LogP contribution >= 0.6 is 11.6 Å². The van der Waals surface area contributed by atoms with Crippen molar-refractivity contribution in [2.24, 2.45) is 0 Å². The van der Waals surface area contributed by atoms with Crippen molar-refractivity contribution in [3.63, 3.8) is 0 Å². The Labute approximate surface area is 190 Å². The highest BCUT2D eigenvalue weighted by Crippen LogP contribution is 2.31. The van der Waals surface area contributed by atoms with E-state index in [0.717, 1.165) is 11.1 Å². The molecule has 32 heavy (non-hydrogen) atoms. The highest BCUT2D eigenvalue weighted by Gasteiger charge is 2.28. The topological polar surface area (TPSA) is 75.7 Å². The van der Waals surface area contributed by atoms with E-state index in [9.17, 15) is 14.4 Å². The van der Waals surface area contributed by atoms with Crippen LogP contribution in [0.1, 0.15) is 37.9 Å². The molecular weight excluding hydrogens is 428 g/mol. The molecule has 1 aliphatic rings. The number of cyclic esters (lactones) is 1. The first kappa shape index (κ1) is 21.6. The van der Waals surface area contributed by atoms with E-state index in [0.29, 0.717) is 28.3 Å². The summed E-state index contributed by atoms with van der Waals surface area (Å²) in [7, 11) is 1.55. The Morgan fingerprint density at radius 2 is 1.78 bits per heavy atom. The molecule has 3 aromatic carbocycles. The molecule has 0 aliphatic carbocycles. The standard InChI is InChI=1S/C25H21ClN2O4/c1-28(15-23(29)27-21-10-6-5-9-20(21)26)24(30)17-11-12-19-18(13-17)14-22(32-25(19)31)16-7-3-2-4-8-16/h2-13,22H,14-15H2,1H3,(H,27,29)/t22-/m1/s1. The number of nitrogens with one attached hydrogen (secondary N) is 1. The van der Waals surface area contributed by atoms with Gasteiger partial charge in [-0.2, -0.15) is 0 Å². The molecule has 0 bridgehead atoms. The Morgan fingerprint density at radius 1 is 1.06 bits per heavy atom. The van der Waals surface area contributed by atoms with Gasteiger partial charge >= 0.3 is 5.97 Å². The minimum Gasteiger partial charge on any atom is -0.454 e. The number of esters is 1. The second kappa shape index (κ2) is 9.24. The minimum absolute atomic E-state index is 0.143. The Kier molecular flexibility index (Phi) is 6.23. The molecule has 7 heteroatoms. The van der Waals surface area contributed by atoms with E-state index in [4.69, 9.17) is 16.3 Å². The van der Waals surface area contributed by atoms with Crippen LogP contribution in [-0.4, -0.2) is 36.3 Å². The van der Waals surface area contributed by atoms with Gasteiger partial charge in [-0.1, -0.05) is 54.1 Å². The van der Waals surface area contributed by atoms with Gasteiger partial charge in [-0.3, -0.25) is 9.59 Å². The van der Waals surface area contributed by atoms with Gasteiger partial charge < -0.3 is 15.0 Å². The fourth-order valence-corrected chi connectivity index (χ4v) is 3.83. The van der Waals surface area contributed by atoms with Crippen LogP contribution in [0.2, 0.25) is 5.02 Å². The second-order valence-electron chi connectivity index (χ2n) is 7.57. The summed E-state index contributed by atoms with van der Waals surface area (Å²) in [5.41, 5.74) is 2.98. The lowest BCUT2D eigenvalue weighted by Crippen LogP contribution is -2.35. The van der Waals surface area contributed by atoms with Crippen LogP contribution in [0, 0.1) is 0 Å². The fourth-order valence-electron chi connectivity index (χ4n) is 3.64. The summed E-state index contributed by atoms with van der Waals surface area (Å²) < 4.78 is 5.57. The number of fused-ring (bicyclic) bond motifs is 1. The lowest BCUT2D eigenvalue weighted by Gasteiger charge is -2.26. The van der Waals surface area contributed by atoms with Gasteiger partial charge in [-0.25, -0.2) is 4.79 Å². The summed E-state index contributed by atoms with van der Waals surface area (Å²) in [6.07, 6.45) is 0.0730. The first-order valence-corrected chi connectivity index (χ1v) is 10.5. The number of amides is 2. The zero-order valence-corrected chi connectivity index (χ0v) is 18.1. The number of carbonyl (C=O) groups excluding carboxylic acids is 3. The lowest BCUT2D eigenvalue weighted by molar-refractivity contribution is -0.116. The summed E-state index contributed by atoms with van der Waals surface area (Å²) in [5, 5.41) is 3.12. The number of hydrogen-bond acceptors (Lipinski definition) is 4. The normalized spacial score (nSPS) is 14.8. The third kappa shape index (κ3) is 4.65. The third-order valence-electron chi connectivity index (χ3n) is 5.27. The second-order valence-corrected chi connectivity index (χ2v) is 7.98. The molecule has 4 rings (SSSR count). The fraction of sp³-hybridized carbons (Fsp3) is 0.160. The van der Waals surface area contributed by atoms with Crippen LogP contribution in [0.3, 0.4) is 0 Å². The molecule has 0 fully saturated rings. The molecule has 1 atom stereocenters. The van der Waals surface area contributed by atoms with E-state index >= 15 is 0 Å². The molecule has 162 valence electrons. The van der Waals surface area contributed by atoms with Crippen molar-refractivity contribution in [1.29, 1.82) is 0 Å². The summed E-state index contributed by atoms with van der Waals surface area (Å²) in [6, 6.07) is 21.3. The molecule has 1 aliphatic heterocycles. The Morgan fingerprint density at radius 3 is 2.53 bits per heavy atom. The molecule has 0 spiro atoms. The van der Waals surface area contributed by atoms with E-state index in [1.165, 1.54) is 4.90 Å². The predicted octanol–water partition coefficient (Wildman–Crippen LogP) is 4.50. The van der Waals surface area contributed by atoms with Gasteiger partial charge in [0.25, 0.3) is 5.91 Å². The molecular formula is C25H21ClN2O4. The number of rotatable bonds is 5. The highest BCUT2D eigenvalue weighted by atomic mass is 35.5. The first-order chi connectivity index (χ1) is 15.4. The monoisotopic (exact) mass is 448 g/mol. The van der Waals surface area contributed by atoms with Gasteiger partial charge in [-0.15, -0.1) is 0 Å². The van der Waals surface area contributed by atoms with E-state index in [1.807, 2.05) is 30.3 Å². The van der Waals surface area contributed by atoms with Crippen LogP contribution in [0.25, 0.3) is 0 Å². The van der Waals surface area contributed by atoms with E-state index < -0.39 is 12.1 Å². The van der Waals surface area contributed by atoms with Crippen LogP contribution < -0.4 is 5.32 Å². The summed E-state index contributed by atoms with van der Waals surface area (Å²) in [6.45, 7) is -0.143. The number of anilines is 1. The van der Waals surface area contributed by atoms with Gasteiger partial charge in [0.15, 0.2) is 0 Å². The van der Waals surface area contributed by atoms with Crippen LogP contribution in [0.15, 0.2) is 72.8 Å². The van der Waals surface area contributed by atoms with Crippen molar-refractivity contribution in [1.82, 2.24) is 4.90 Å². The van der Waals surface area contributed by atoms with Crippen molar-refractivity contribution in [3.05, 3.63) is 100 Å². The molecule has 6 nitrogen and oxygen atoms in total. The van der Waals surface area contributed by atoms with Crippen molar-refractivity contribution >= 4 is 35.1 Å². The first-order valence-electron chi connectivity index (χ1n) is 10.1. The summed E-state index contributed by atoms with van der Waals surface area (Å²) in [4.78, 5) is 39.1. The minimum atomic E-state index is -0.411. The Balaban J connectivity index is 1.47. The van der Waals surface area contributed by atoms with Gasteiger partial charge in [0, 0.05) is 19.0 Å². The molecule has 0 saturated carbocycles. The number of likely N-dealkylation sites (N-methyl/N-ethyl adjacent to an activating group) is 1. The molecule has 0 radical (unpaired) electrons. The number of ether oxygens (including phenoxy) is 1. The maximum absolute atomic E-state index is 12.9. The van der Waals surface area contributed by atoms with Crippen molar-refractivity contribution in [2.75, 3.05) is 18.9 Å². The third-order valence-corrected chi connectivity index (χ3v) is 5.60. The average Bonchev–Trinajstić information content (AvgIpc) is 2.80. The molecule has 2 amide bonds. The average molecular weight is 449 g/mol. The number of para-hydroxylation sites is 1. The van der Waals surface area contributed by atoms with Crippen LogP contribution in [0.4, 0.5) is 5.69 Å². The Hall–Kier alpha value is -3.64. The van der Waals surface area contributed by atoms with E-state index in [2.05, 4.69) is 5.32 Å². The number of hydrogen-bond donors (Lipinski definition) is 1. The molecule has 0 saturated heterocycles. The maximum Gasteiger partial charge on any atom is 0.339 e. The maximum atomic E-state index is 12.9. The van der Waals surface area contributed by atoms with E-state index in [-0.39, 0.29) is 18.4 Å². The Bertz CT molecular complexity index is 1180. The zero-order chi connectivity index (χ0) is 22.7. The number of halogens is 1. The molecule has 1 heterocycles. The quantitative estimate of drug-likeness (QED) is 0.583. The highest BCUT2D eigenvalue weighted by molar-refractivity contribution is 6.33. The van der Waals surface area contributed by atoms with Crippen molar-refractivity contribution in [3.8, 4) is 0 Å². The van der Waals surface area contributed by atoms with Crippen molar-refractivity contribution < 1.29 is 19.1 Å². The summed E-state index contributed by atoms with van der Waals surface area (Å²) in [5.74, 6) is -1.09. The van der Waals surface area contributed by atoms with Gasteiger partial charge in [0.2, 0.25) is 5.91 Å². The van der Waals surface area contributed by atoms with Gasteiger partial charge in [0.05, 0.1) is 22.8 Å². The number of benzene rings is 3. The predicted molar refractivity (Wildman–Crippen MR) is 122 cm³/mol. The number of carbonyl (C=O) groups is 3. The van der Waals surface area contributed by atoms with Crippen LogP contribution in [0.5, 0.6) is 0 Å². The SMILES string of the molecule is CN(CC(=O)Nc1ccccc1Cl)C(=O)c1ccc2c(c1)C[C@H](c1ccccc1)OC2=O. The molecule has 0 aromatic heterocycles. The van der Waals surface area contributed by atoms with Crippen molar-refractivity contribution in [2.45, 2.75) is 12.5 Å². The largest absolute Gasteiger partial charge is 0.454 e. The van der Waals surface area contributed by atoms with E-state index in [1.54, 1.807) is 49.5 Å². The van der Waals surface area contributed by atoms with Gasteiger partial charge in [-0.05, 0) is 41.5 Å². The molecule has 3 aromatic rings. The molecule has 0 unspecified atom stereocenters. The smallest absolute Gasteiger partial charge is 0.339 e. The van der Waals surface area contributed by atoms with Crippen LogP contribution in [-0.2, 0) is 16.0 Å².